The first-order valence-corrected chi connectivity index (χ1v) is 22.6. The number of hydrogen-bond acceptors (Lipinski definition) is 1. The predicted octanol–water partition coefficient (Wildman–Crippen LogP) is 11.5. The third-order valence-electron chi connectivity index (χ3n) is 19.8. The van der Waals surface area contributed by atoms with Crippen molar-refractivity contribution in [2.75, 3.05) is 0 Å². The minimum Gasteiger partial charge on any atom is -0.294 e. The SMILES string of the molecule is C1CCC2CC(C3CC4CCCCC4C4CC5CC(N6C7CCCCC7C7CCC8CC9CCCCC9C8C76)CCC5C34)CC2C1. The Morgan fingerprint density at radius 1 is 0.283 bits per heavy atom. The van der Waals surface area contributed by atoms with Crippen molar-refractivity contribution in [1.82, 2.24) is 4.90 Å². The highest BCUT2D eigenvalue weighted by molar-refractivity contribution is 5.14. The van der Waals surface area contributed by atoms with Crippen LogP contribution in [0.15, 0.2) is 0 Å². The van der Waals surface area contributed by atoms with Gasteiger partial charge in [-0.05, 0) is 185 Å². The maximum atomic E-state index is 3.49. The normalized spacial score (nSPS) is 59.3. The topological polar surface area (TPSA) is 3.24 Å². The monoisotopic (exact) mass is 626 g/mol. The van der Waals surface area contributed by atoms with E-state index in [0.717, 1.165) is 113 Å². The fourth-order valence-electron chi connectivity index (χ4n) is 18.7. The zero-order valence-electron chi connectivity index (χ0n) is 29.8. The summed E-state index contributed by atoms with van der Waals surface area (Å²) in [7, 11) is 0. The first-order chi connectivity index (χ1) is 22.8. The molecule has 0 aromatic heterocycles. The van der Waals surface area contributed by atoms with Crippen molar-refractivity contribution in [1.29, 1.82) is 0 Å². The molecule has 0 amide bonds. The molecule has 0 spiro atoms. The molecule has 10 aliphatic carbocycles. The van der Waals surface area contributed by atoms with Gasteiger partial charge in [-0.2, -0.15) is 0 Å². The van der Waals surface area contributed by atoms with E-state index in [0.29, 0.717) is 0 Å². The van der Waals surface area contributed by atoms with Gasteiger partial charge in [0, 0.05) is 18.1 Å². The lowest BCUT2D eigenvalue weighted by Gasteiger charge is -2.52. The Morgan fingerprint density at radius 3 is 1.65 bits per heavy atom. The van der Waals surface area contributed by atoms with E-state index in [1.165, 1.54) is 0 Å². The van der Waals surface area contributed by atoms with Crippen LogP contribution in [0.1, 0.15) is 167 Å². The van der Waals surface area contributed by atoms with E-state index >= 15 is 0 Å². The van der Waals surface area contributed by atoms with Crippen molar-refractivity contribution in [3.05, 3.63) is 0 Å². The summed E-state index contributed by atoms with van der Waals surface area (Å²) in [5.74, 6) is 18.0. The zero-order valence-corrected chi connectivity index (χ0v) is 29.8. The van der Waals surface area contributed by atoms with Crippen LogP contribution < -0.4 is 0 Å². The van der Waals surface area contributed by atoms with Gasteiger partial charge < -0.3 is 0 Å². The van der Waals surface area contributed by atoms with Crippen LogP contribution in [0.3, 0.4) is 0 Å². The van der Waals surface area contributed by atoms with E-state index in [4.69, 9.17) is 0 Å². The van der Waals surface area contributed by atoms with Gasteiger partial charge in [-0.1, -0.05) is 77.0 Å². The van der Waals surface area contributed by atoms with Gasteiger partial charge in [-0.25, -0.2) is 0 Å². The van der Waals surface area contributed by atoms with Crippen LogP contribution in [-0.2, 0) is 0 Å². The van der Waals surface area contributed by atoms with Crippen molar-refractivity contribution in [2.45, 2.75) is 185 Å². The lowest BCUT2D eigenvalue weighted by atomic mass is 9.54. The molecule has 0 radical (unpaired) electrons. The zero-order chi connectivity index (χ0) is 29.9. The van der Waals surface area contributed by atoms with Crippen LogP contribution in [-0.4, -0.2) is 23.0 Å². The van der Waals surface area contributed by atoms with Gasteiger partial charge in [-0.15, -0.1) is 0 Å². The Morgan fingerprint density at radius 2 is 0.848 bits per heavy atom. The summed E-state index contributed by atoms with van der Waals surface area (Å²) in [5, 5.41) is 0. The Balaban J connectivity index is 0.885. The lowest BCUT2D eigenvalue weighted by molar-refractivity contribution is -0.0312. The molecule has 11 fully saturated rings. The fraction of sp³-hybridized carbons (Fsp3) is 1.00. The fourth-order valence-corrected chi connectivity index (χ4v) is 18.7. The molecule has 0 N–H and O–H groups in total. The van der Waals surface area contributed by atoms with Crippen molar-refractivity contribution < 1.29 is 0 Å². The molecule has 1 aliphatic heterocycles. The van der Waals surface area contributed by atoms with Crippen LogP contribution in [0.25, 0.3) is 0 Å². The molecule has 11 rings (SSSR count). The molecule has 11 aliphatic rings. The average molecular weight is 626 g/mol. The maximum absolute atomic E-state index is 3.49. The van der Waals surface area contributed by atoms with Crippen molar-refractivity contribution >= 4 is 0 Å². The molecule has 0 bridgehead atoms. The summed E-state index contributed by atoms with van der Waals surface area (Å²) >= 11 is 0. The number of hydrogen-bond donors (Lipinski definition) is 0. The minimum absolute atomic E-state index is 0.971. The molecular weight excluding hydrogens is 555 g/mol. The lowest BCUT2D eigenvalue weighted by Crippen LogP contribution is -2.54. The Labute approximate surface area is 283 Å². The number of rotatable bonds is 2. The van der Waals surface area contributed by atoms with E-state index in [1.807, 2.05) is 0 Å². The molecular formula is C45H71N. The highest BCUT2D eigenvalue weighted by Gasteiger charge is 2.63. The standard InChI is InChI=1S/C45H71N/c1-2-10-28-22-32(21-27(28)9-1)40-25-30-12-3-5-13-35(30)41-26-33-24-34(18-20-37(33)44(40)41)46-42-16-8-7-15-38(42)39-19-17-31-23-29-11-4-6-14-36(29)43(31)45(39)46/h27-45H,1-26H2. The van der Waals surface area contributed by atoms with Gasteiger partial charge in [0.2, 0.25) is 0 Å². The van der Waals surface area contributed by atoms with Crippen LogP contribution in [0, 0.1) is 94.7 Å². The molecule has 1 saturated heterocycles. The van der Waals surface area contributed by atoms with Gasteiger partial charge in [0.15, 0.2) is 0 Å². The van der Waals surface area contributed by atoms with Gasteiger partial charge >= 0.3 is 0 Å². The molecule has 46 heavy (non-hydrogen) atoms. The summed E-state index contributed by atoms with van der Waals surface area (Å²) in [6.07, 6.45) is 41.9. The maximum Gasteiger partial charge on any atom is 0.0166 e. The number of likely N-dealkylation sites (tertiary alicyclic amines) is 1. The van der Waals surface area contributed by atoms with Crippen LogP contribution in [0.5, 0.6) is 0 Å². The first kappa shape index (κ1) is 29.7. The van der Waals surface area contributed by atoms with Crippen LogP contribution >= 0.6 is 0 Å². The third-order valence-corrected chi connectivity index (χ3v) is 19.8. The second-order valence-corrected chi connectivity index (χ2v) is 21.0. The second kappa shape index (κ2) is 11.8. The number of nitrogens with zero attached hydrogens (tertiary/aromatic N) is 1. The largest absolute Gasteiger partial charge is 0.294 e. The second-order valence-electron chi connectivity index (χ2n) is 21.0. The van der Waals surface area contributed by atoms with Gasteiger partial charge in [0.05, 0.1) is 0 Å². The molecule has 18 atom stereocenters. The molecule has 256 valence electrons. The summed E-state index contributed by atoms with van der Waals surface area (Å²) < 4.78 is 0. The van der Waals surface area contributed by atoms with Crippen molar-refractivity contribution in [3.8, 4) is 0 Å². The quantitative estimate of drug-likeness (QED) is 0.295. The van der Waals surface area contributed by atoms with Crippen molar-refractivity contribution in [2.24, 2.45) is 94.7 Å². The van der Waals surface area contributed by atoms with E-state index < -0.39 is 0 Å². The molecule has 1 heteroatoms. The highest BCUT2D eigenvalue weighted by Crippen LogP contribution is 2.67. The van der Waals surface area contributed by atoms with E-state index in [2.05, 4.69) is 4.90 Å². The molecule has 1 heterocycles. The molecule has 0 aromatic carbocycles. The number of fused-ring (bicyclic) bond motifs is 13. The van der Waals surface area contributed by atoms with Crippen LogP contribution in [0.2, 0.25) is 0 Å². The Bertz CT molecular complexity index is 1100. The van der Waals surface area contributed by atoms with Gasteiger partial charge in [0.25, 0.3) is 0 Å². The van der Waals surface area contributed by atoms with Crippen LogP contribution in [0.4, 0.5) is 0 Å². The Kier molecular flexibility index (Phi) is 7.58. The first-order valence-electron chi connectivity index (χ1n) is 22.6. The molecule has 1 nitrogen and oxygen atoms in total. The van der Waals surface area contributed by atoms with Gasteiger partial charge in [0.1, 0.15) is 0 Å². The predicted molar refractivity (Wildman–Crippen MR) is 189 cm³/mol. The van der Waals surface area contributed by atoms with Crippen molar-refractivity contribution in [3.63, 3.8) is 0 Å². The highest BCUT2D eigenvalue weighted by atomic mass is 15.3. The molecule has 10 saturated carbocycles. The summed E-state index contributed by atoms with van der Waals surface area (Å²) in [4.78, 5) is 3.49. The average Bonchev–Trinajstić information content (AvgIpc) is 3.87. The summed E-state index contributed by atoms with van der Waals surface area (Å²) in [6.45, 7) is 0. The van der Waals surface area contributed by atoms with Gasteiger partial charge in [-0.3, -0.25) is 4.90 Å². The Hall–Kier alpha value is -0.0400. The van der Waals surface area contributed by atoms with E-state index in [1.54, 1.807) is 167 Å². The molecule has 18 unspecified atom stereocenters. The van der Waals surface area contributed by atoms with E-state index in [-0.39, 0.29) is 0 Å². The smallest absolute Gasteiger partial charge is 0.0166 e. The third kappa shape index (κ3) is 4.52. The summed E-state index contributed by atoms with van der Waals surface area (Å²) in [6, 6.07) is 2.98. The summed E-state index contributed by atoms with van der Waals surface area (Å²) in [5.41, 5.74) is 0. The molecule has 0 aromatic rings. The van der Waals surface area contributed by atoms with E-state index in [9.17, 15) is 0 Å². The minimum atomic E-state index is 0.971.